The molecular weight excluding hydrogens is 391 g/mol. The number of anilines is 2. The van der Waals surface area contributed by atoms with Crippen LogP contribution in [-0.4, -0.2) is 46.1 Å². The molecule has 0 aliphatic carbocycles. The average molecular weight is 412 g/mol. The normalized spacial score (nSPS) is 14.0. The number of halogens is 1. The number of piperazine rings is 1. The Morgan fingerprint density at radius 2 is 1.48 bits per heavy atom. The summed E-state index contributed by atoms with van der Waals surface area (Å²) in [6.45, 7) is 3.36. The molecule has 1 saturated heterocycles. The minimum atomic E-state index is -0.267. The standard InChI is InChI=1S/C24H21FN6/c25-20-8-6-18(7-9-20)21-16-23(29-24(28-21)19-4-3-10-26-17-19)31-14-12-30(13-15-31)22-5-1-2-11-27-22/h1-11,16-17H,12-15H2. The molecule has 3 aromatic heterocycles. The van der Waals surface area contributed by atoms with Crippen molar-refractivity contribution in [3.8, 4) is 22.6 Å². The molecule has 1 fully saturated rings. The molecule has 0 N–H and O–H groups in total. The van der Waals surface area contributed by atoms with Crippen molar-refractivity contribution >= 4 is 11.6 Å². The van der Waals surface area contributed by atoms with E-state index in [4.69, 9.17) is 9.97 Å². The van der Waals surface area contributed by atoms with E-state index >= 15 is 0 Å². The highest BCUT2D eigenvalue weighted by atomic mass is 19.1. The number of benzene rings is 1. The predicted molar refractivity (Wildman–Crippen MR) is 119 cm³/mol. The summed E-state index contributed by atoms with van der Waals surface area (Å²) in [4.78, 5) is 22.8. The Kier molecular flexibility index (Phi) is 5.22. The van der Waals surface area contributed by atoms with Crippen molar-refractivity contribution in [1.82, 2.24) is 19.9 Å². The third-order valence-electron chi connectivity index (χ3n) is 5.35. The molecule has 0 radical (unpaired) electrons. The molecule has 1 aliphatic rings. The molecule has 1 aliphatic heterocycles. The molecule has 0 spiro atoms. The smallest absolute Gasteiger partial charge is 0.163 e. The molecule has 7 heteroatoms. The van der Waals surface area contributed by atoms with E-state index < -0.39 is 0 Å². The summed E-state index contributed by atoms with van der Waals surface area (Å²) < 4.78 is 13.4. The number of aromatic nitrogens is 4. The quantitative estimate of drug-likeness (QED) is 0.504. The summed E-state index contributed by atoms with van der Waals surface area (Å²) in [5.41, 5.74) is 2.46. The lowest BCUT2D eigenvalue weighted by Gasteiger charge is -2.36. The Labute approximate surface area is 180 Å². The van der Waals surface area contributed by atoms with Gasteiger partial charge in [-0.3, -0.25) is 4.98 Å². The van der Waals surface area contributed by atoms with E-state index in [1.807, 2.05) is 42.6 Å². The van der Waals surface area contributed by atoms with Crippen LogP contribution in [0.5, 0.6) is 0 Å². The van der Waals surface area contributed by atoms with Crippen LogP contribution in [0.2, 0.25) is 0 Å². The van der Waals surface area contributed by atoms with Crippen LogP contribution in [0.25, 0.3) is 22.6 Å². The Bertz CT molecular complexity index is 1140. The van der Waals surface area contributed by atoms with Crippen molar-refractivity contribution in [2.75, 3.05) is 36.0 Å². The van der Waals surface area contributed by atoms with E-state index in [9.17, 15) is 4.39 Å². The molecule has 31 heavy (non-hydrogen) atoms. The summed E-state index contributed by atoms with van der Waals surface area (Å²) >= 11 is 0. The highest BCUT2D eigenvalue weighted by Gasteiger charge is 2.21. The number of hydrogen-bond acceptors (Lipinski definition) is 6. The Morgan fingerprint density at radius 1 is 0.710 bits per heavy atom. The van der Waals surface area contributed by atoms with E-state index in [1.165, 1.54) is 12.1 Å². The first kappa shape index (κ1) is 19.1. The maximum Gasteiger partial charge on any atom is 0.163 e. The fourth-order valence-electron chi connectivity index (χ4n) is 3.69. The van der Waals surface area contributed by atoms with Gasteiger partial charge in [-0.1, -0.05) is 6.07 Å². The fraction of sp³-hybridized carbons (Fsp3) is 0.167. The van der Waals surface area contributed by atoms with Crippen molar-refractivity contribution in [1.29, 1.82) is 0 Å². The lowest BCUT2D eigenvalue weighted by molar-refractivity contribution is 0.628. The number of rotatable bonds is 4. The maximum atomic E-state index is 13.4. The molecule has 0 saturated carbocycles. The van der Waals surface area contributed by atoms with E-state index in [-0.39, 0.29) is 5.82 Å². The van der Waals surface area contributed by atoms with Crippen LogP contribution >= 0.6 is 0 Å². The molecule has 0 amide bonds. The average Bonchev–Trinajstić information content (AvgIpc) is 2.85. The van der Waals surface area contributed by atoms with Crippen LogP contribution in [-0.2, 0) is 0 Å². The third-order valence-corrected chi connectivity index (χ3v) is 5.35. The van der Waals surface area contributed by atoms with Crippen molar-refractivity contribution in [3.63, 3.8) is 0 Å². The first-order valence-corrected chi connectivity index (χ1v) is 10.2. The predicted octanol–water partition coefficient (Wildman–Crippen LogP) is 4.07. The van der Waals surface area contributed by atoms with E-state index in [1.54, 1.807) is 24.5 Å². The zero-order valence-electron chi connectivity index (χ0n) is 16.9. The summed E-state index contributed by atoms with van der Waals surface area (Å²) in [5.74, 6) is 2.19. The van der Waals surface area contributed by atoms with Gasteiger partial charge in [0.25, 0.3) is 0 Å². The van der Waals surface area contributed by atoms with Crippen LogP contribution in [0.15, 0.2) is 79.3 Å². The van der Waals surface area contributed by atoms with Gasteiger partial charge in [-0.05, 0) is 48.5 Å². The van der Waals surface area contributed by atoms with Crippen LogP contribution in [0.4, 0.5) is 16.0 Å². The fourth-order valence-corrected chi connectivity index (χ4v) is 3.69. The number of nitrogens with zero attached hydrogens (tertiary/aromatic N) is 6. The van der Waals surface area contributed by atoms with Gasteiger partial charge < -0.3 is 9.80 Å². The molecule has 0 unspecified atom stereocenters. The summed E-state index contributed by atoms with van der Waals surface area (Å²) in [5, 5.41) is 0. The second-order valence-corrected chi connectivity index (χ2v) is 7.35. The molecule has 154 valence electrons. The van der Waals surface area contributed by atoms with Gasteiger partial charge >= 0.3 is 0 Å². The second kappa shape index (κ2) is 8.47. The third kappa shape index (κ3) is 4.21. The minimum absolute atomic E-state index is 0.267. The van der Waals surface area contributed by atoms with Crippen LogP contribution in [0.3, 0.4) is 0 Å². The zero-order chi connectivity index (χ0) is 21.0. The highest BCUT2D eigenvalue weighted by Crippen LogP contribution is 2.27. The first-order chi connectivity index (χ1) is 15.3. The van der Waals surface area contributed by atoms with Gasteiger partial charge in [-0.15, -0.1) is 0 Å². The SMILES string of the molecule is Fc1ccc(-c2cc(N3CCN(c4ccccn4)CC3)nc(-c3cccnc3)n2)cc1. The van der Waals surface area contributed by atoms with Crippen LogP contribution < -0.4 is 9.80 Å². The Morgan fingerprint density at radius 3 is 2.16 bits per heavy atom. The highest BCUT2D eigenvalue weighted by molar-refractivity contribution is 5.67. The van der Waals surface area contributed by atoms with Gasteiger partial charge in [0.05, 0.1) is 5.69 Å². The maximum absolute atomic E-state index is 13.4. The van der Waals surface area contributed by atoms with Crippen LogP contribution in [0, 0.1) is 5.82 Å². The molecule has 4 aromatic rings. The summed E-state index contributed by atoms with van der Waals surface area (Å²) in [7, 11) is 0. The molecule has 5 rings (SSSR count). The molecule has 0 atom stereocenters. The molecular formula is C24H21FN6. The summed E-state index contributed by atoms with van der Waals surface area (Å²) in [6.07, 6.45) is 5.30. The van der Waals surface area contributed by atoms with E-state index in [0.717, 1.165) is 54.6 Å². The number of pyridine rings is 2. The molecule has 6 nitrogen and oxygen atoms in total. The lowest BCUT2D eigenvalue weighted by atomic mass is 10.1. The molecule has 0 bridgehead atoms. The lowest BCUT2D eigenvalue weighted by Crippen LogP contribution is -2.47. The van der Waals surface area contributed by atoms with Crippen molar-refractivity contribution in [2.45, 2.75) is 0 Å². The minimum Gasteiger partial charge on any atom is -0.353 e. The van der Waals surface area contributed by atoms with Gasteiger partial charge in [0, 0.05) is 62.0 Å². The van der Waals surface area contributed by atoms with Crippen molar-refractivity contribution < 1.29 is 4.39 Å². The van der Waals surface area contributed by atoms with E-state index in [0.29, 0.717) is 5.82 Å². The zero-order valence-corrected chi connectivity index (χ0v) is 16.9. The largest absolute Gasteiger partial charge is 0.353 e. The van der Waals surface area contributed by atoms with Gasteiger partial charge in [-0.25, -0.2) is 19.3 Å². The van der Waals surface area contributed by atoms with Crippen molar-refractivity contribution in [3.05, 3.63) is 85.1 Å². The monoisotopic (exact) mass is 412 g/mol. The molecule has 4 heterocycles. The van der Waals surface area contributed by atoms with Gasteiger partial charge in [-0.2, -0.15) is 0 Å². The Balaban J connectivity index is 1.46. The number of hydrogen-bond donors (Lipinski definition) is 0. The van der Waals surface area contributed by atoms with Gasteiger partial charge in [0.1, 0.15) is 17.5 Å². The Hall–Kier alpha value is -3.87. The summed E-state index contributed by atoms with van der Waals surface area (Å²) in [6, 6.07) is 18.1. The van der Waals surface area contributed by atoms with E-state index in [2.05, 4.69) is 19.8 Å². The topological polar surface area (TPSA) is 58.0 Å². The first-order valence-electron chi connectivity index (χ1n) is 10.2. The van der Waals surface area contributed by atoms with Crippen molar-refractivity contribution in [2.24, 2.45) is 0 Å². The molecule has 1 aromatic carbocycles. The van der Waals surface area contributed by atoms with Gasteiger partial charge in [0.2, 0.25) is 0 Å². The van der Waals surface area contributed by atoms with Crippen LogP contribution in [0.1, 0.15) is 0 Å². The van der Waals surface area contributed by atoms with Gasteiger partial charge in [0.15, 0.2) is 5.82 Å². The second-order valence-electron chi connectivity index (χ2n) is 7.35.